The van der Waals surface area contributed by atoms with Gasteiger partial charge in [-0.05, 0) is 61.4 Å². The Labute approximate surface area is 149 Å². The van der Waals surface area contributed by atoms with Crippen LogP contribution in [0.25, 0.3) is 0 Å². The maximum Gasteiger partial charge on any atom is 0.261 e. The fourth-order valence-electron chi connectivity index (χ4n) is 2.67. The highest BCUT2D eigenvalue weighted by molar-refractivity contribution is 9.10. The third-order valence-electron chi connectivity index (χ3n) is 3.96. The third kappa shape index (κ3) is 3.47. The van der Waals surface area contributed by atoms with Crippen molar-refractivity contribution >= 4 is 43.2 Å². The highest BCUT2D eigenvalue weighted by atomic mass is 79.9. The van der Waals surface area contributed by atoms with Crippen LogP contribution in [0.2, 0.25) is 0 Å². The number of benzene rings is 2. The van der Waals surface area contributed by atoms with Crippen molar-refractivity contribution in [3.8, 4) is 0 Å². The molecule has 0 aliphatic carbocycles. The van der Waals surface area contributed by atoms with Gasteiger partial charge in [0.25, 0.3) is 10.0 Å². The summed E-state index contributed by atoms with van der Waals surface area (Å²) < 4.78 is 28.6. The first-order valence-electron chi connectivity index (χ1n) is 7.56. The Hall–Kier alpha value is -1.86. The number of carbonyl (C=O) groups excluding carboxylic acids is 1. The molecule has 1 saturated heterocycles. The van der Waals surface area contributed by atoms with Gasteiger partial charge in [-0.3, -0.25) is 9.52 Å². The van der Waals surface area contributed by atoms with Crippen molar-refractivity contribution in [1.29, 1.82) is 0 Å². The van der Waals surface area contributed by atoms with Gasteiger partial charge in [0.1, 0.15) is 0 Å². The fraction of sp³-hybridized carbons (Fsp3) is 0.235. The van der Waals surface area contributed by atoms with Gasteiger partial charge in [-0.15, -0.1) is 0 Å². The number of rotatable bonds is 4. The summed E-state index contributed by atoms with van der Waals surface area (Å²) in [5.74, 6) is 0.0780. The van der Waals surface area contributed by atoms with Gasteiger partial charge in [-0.25, -0.2) is 8.42 Å². The summed E-state index contributed by atoms with van der Waals surface area (Å²) in [5.41, 5.74) is 2.10. The molecule has 0 spiro atoms. The molecule has 1 N–H and O–H groups in total. The monoisotopic (exact) mass is 408 g/mol. The number of halogens is 1. The van der Waals surface area contributed by atoms with E-state index in [9.17, 15) is 13.2 Å². The van der Waals surface area contributed by atoms with Gasteiger partial charge < -0.3 is 4.90 Å². The van der Waals surface area contributed by atoms with Crippen molar-refractivity contribution < 1.29 is 13.2 Å². The molecule has 3 rings (SSSR count). The molecule has 2 aromatic carbocycles. The Morgan fingerprint density at radius 2 is 1.83 bits per heavy atom. The van der Waals surface area contributed by atoms with Gasteiger partial charge in [0, 0.05) is 23.1 Å². The van der Waals surface area contributed by atoms with Crippen molar-refractivity contribution in [2.75, 3.05) is 16.2 Å². The molecule has 1 aliphatic heterocycles. The number of anilines is 2. The summed E-state index contributed by atoms with van der Waals surface area (Å²) in [6.45, 7) is 2.52. The van der Waals surface area contributed by atoms with E-state index in [2.05, 4.69) is 20.7 Å². The molecule has 24 heavy (non-hydrogen) atoms. The maximum atomic E-state index is 12.5. The van der Waals surface area contributed by atoms with Crippen LogP contribution in [-0.2, 0) is 14.8 Å². The lowest BCUT2D eigenvalue weighted by Crippen LogP contribution is -2.23. The third-order valence-corrected chi connectivity index (χ3v) is 5.84. The highest BCUT2D eigenvalue weighted by Crippen LogP contribution is 2.26. The maximum absolute atomic E-state index is 12.5. The molecular formula is C17H17BrN2O3S. The predicted molar refractivity (Wildman–Crippen MR) is 97.7 cm³/mol. The Balaban J connectivity index is 1.83. The number of aryl methyl sites for hydroxylation is 1. The molecule has 0 unspecified atom stereocenters. The number of hydrogen-bond donors (Lipinski definition) is 1. The molecule has 1 fully saturated rings. The Kier molecular flexibility index (Phi) is 4.64. The SMILES string of the molecule is Cc1cc(Br)ccc1NS(=O)(=O)c1ccc(N2CCCC2=O)cc1. The molecule has 5 nitrogen and oxygen atoms in total. The molecule has 0 saturated carbocycles. The van der Waals surface area contributed by atoms with Crippen LogP contribution in [0.1, 0.15) is 18.4 Å². The Morgan fingerprint density at radius 1 is 1.12 bits per heavy atom. The second-order valence-electron chi connectivity index (χ2n) is 5.71. The zero-order valence-corrected chi connectivity index (χ0v) is 15.5. The van der Waals surface area contributed by atoms with Crippen molar-refractivity contribution in [3.05, 3.63) is 52.5 Å². The zero-order valence-electron chi connectivity index (χ0n) is 13.1. The van der Waals surface area contributed by atoms with E-state index in [1.807, 2.05) is 13.0 Å². The Morgan fingerprint density at radius 3 is 2.42 bits per heavy atom. The van der Waals surface area contributed by atoms with Crippen molar-refractivity contribution in [2.24, 2.45) is 0 Å². The summed E-state index contributed by atoms with van der Waals surface area (Å²) in [6.07, 6.45) is 1.38. The molecule has 0 radical (unpaired) electrons. The molecule has 1 aliphatic rings. The molecule has 1 heterocycles. The van der Waals surface area contributed by atoms with E-state index >= 15 is 0 Å². The smallest absolute Gasteiger partial charge is 0.261 e. The van der Waals surface area contributed by atoms with Crippen LogP contribution in [0.4, 0.5) is 11.4 Å². The summed E-state index contributed by atoms with van der Waals surface area (Å²) in [6, 6.07) is 11.7. The van der Waals surface area contributed by atoms with Crippen LogP contribution in [0.15, 0.2) is 51.8 Å². The number of sulfonamides is 1. The summed E-state index contributed by atoms with van der Waals surface area (Å²) in [4.78, 5) is 13.6. The fourth-order valence-corrected chi connectivity index (χ4v) is 4.28. The topological polar surface area (TPSA) is 66.5 Å². The standard InChI is InChI=1S/C17H17BrN2O3S/c1-12-11-13(18)4-9-16(12)19-24(22,23)15-7-5-14(6-8-15)20-10-2-3-17(20)21/h4-9,11,19H,2-3,10H2,1H3. The normalized spacial score (nSPS) is 14.9. The zero-order chi connectivity index (χ0) is 17.3. The van der Waals surface area contributed by atoms with Gasteiger partial charge in [-0.2, -0.15) is 0 Å². The van der Waals surface area contributed by atoms with Crippen LogP contribution < -0.4 is 9.62 Å². The van der Waals surface area contributed by atoms with Gasteiger partial charge in [0.2, 0.25) is 5.91 Å². The van der Waals surface area contributed by atoms with E-state index in [1.54, 1.807) is 29.2 Å². The van der Waals surface area contributed by atoms with Crippen molar-refractivity contribution in [1.82, 2.24) is 0 Å². The van der Waals surface area contributed by atoms with Gasteiger partial charge in [-0.1, -0.05) is 15.9 Å². The van der Waals surface area contributed by atoms with E-state index in [-0.39, 0.29) is 10.8 Å². The molecule has 0 bridgehead atoms. The molecule has 126 valence electrons. The van der Waals surface area contributed by atoms with E-state index in [0.717, 1.165) is 22.1 Å². The second-order valence-corrected chi connectivity index (χ2v) is 8.31. The predicted octanol–water partition coefficient (Wildman–Crippen LogP) is 3.69. The van der Waals surface area contributed by atoms with Crippen LogP contribution in [0, 0.1) is 6.92 Å². The molecular weight excluding hydrogens is 392 g/mol. The van der Waals surface area contributed by atoms with E-state index in [1.165, 1.54) is 12.1 Å². The lowest BCUT2D eigenvalue weighted by molar-refractivity contribution is -0.117. The summed E-state index contributed by atoms with van der Waals surface area (Å²) in [5, 5.41) is 0. The molecule has 1 amide bonds. The van der Waals surface area contributed by atoms with Crippen LogP contribution in [-0.4, -0.2) is 20.9 Å². The number of nitrogens with one attached hydrogen (secondary N) is 1. The van der Waals surface area contributed by atoms with Crippen LogP contribution >= 0.6 is 15.9 Å². The van der Waals surface area contributed by atoms with Gasteiger partial charge >= 0.3 is 0 Å². The lowest BCUT2D eigenvalue weighted by Gasteiger charge is -2.16. The number of nitrogens with zero attached hydrogens (tertiary/aromatic N) is 1. The Bertz CT molecular complexity index is 879. The van der Waals surface area contributed by atoms with E-state index in [4.69, 9.17) is 0 Å². The van der Waals surface area contributed by atoms with E-state index in [0.29, 0.717) is 18.7 Å². The minimum absolute atomic E-state index is 0.0780. The van der Waals surface area contributed by atoms with Gasteiger partial charge in [0.05, 0.1) is 10.6 Å². The first kappa shape index (κ1) is 17.0. The van der Waals surface area contributed by atoms with Crippen molar-refractivity contribution in [3.63, 3.8) is 0 Å². The molecule has 2 aromatic rings. The highest BCUT2D eigenvalue weighted by Gasteiger charge is 2.22. The van der Waals surface area contributed by atoms with Crippen molar-refractivity contribution in [2.45, 2.75) is 24.7 Å². The quantitative estimate of drug-likeness (QED) is 0.838. The minimum Gasteiger partial charge on any atom is -0.312 e. The number of carbonyl (C=O) groups is 1. The molecule has 0 atom stereocenters. The number of hydrogen-bond acceptors (Lipinski definition) is 3. The summed E-state index contributed by atoms with van der Waals surface area (Å²) in [7, 11) is -3.67. The minimum atomic E-state index is -3.67. The van der Waals surface area contributed by atoms with Gasteiger partial charge in [0.15, 0.2) is 0 Å². The molecule has 7 heteroatoms. The van der Waals surface area contributed by atoms with Crippen LogP contribution in [0.5, 0.6) is 0 Å². The first-order chi connectivity index (χ1) is 11.4. The number of amides is 1. The van der Waals surface area contributed by atoms with Crippen LogP contribution in [0.3, 0.4) is 0 Å². The largest absolute Gasteiger partial charge is 0.312 e. The molecule has 0 aromatic heterocycles. The first-order valence-corrected chi connectivity index (χ1v) is 9.84. The van der Waals surface area contributed by atoms with E-state index < -0.39 is 10.0 Å². The second kappa shape index (κ2) is 6.57. The summed E-state index contributed by atoms with van der Waals surface area (Å²) >= 11 is 3.36. The average molecular weight is 409 g/mol. The lowest BCUT2D eigenvalue weighted by atomic mass is 10.2. The average Bonchev–Trinajstić information content (AvgIpc) is 2.96.